The second kappa shape index (κ2) is 4.38. The summed E-state index contributed by atoms with van der Waals surface area (Å²) in [5.41, 5.74) is 1.03. The standard InChI is InChI=1S/C14H19BN2O4/c1-13(2)14(3,4)21-15(20-13)8-6-9-11(10(7-8)19-5)17-12(18)16-9/h6-7H,1-5H3,(H2,16,17,18). The van der Waals surface area contributed by atoms with Crippen LogP contribution in [0.25, 0.3) is 11.0 Å². The van der Waals surface area contributed by atoms with E-state index in [0.717, 1.165) is 5.46 Å². The number of methoxy groups -OCH3 is 1. The van der Waals surface area contributed by atoms with Crippen molar-refractivity contribution in [3.8, 4) is 5.75 Å². The van der Waals surface area contributed by atoms with Gasteiger partial charge >= 0.3 is 12.8 Å². The average molecular weight is 290 g/mol. The molecule has 0 amide bonds. The van der Waals surface area contributed by atoms with Gasteiger partial charge in [-0.2, -0.15) is 0 Å². The number of aromatic nitrogens is 2. The minimum atomic E-state index is -0.494. The summed E-state index contributed by atoms with van der Waals surface area (Å²) in [5.74, 6) is 0.579. The van der Waals surface area contributed by atoms with Crippen LogP contribution in [0.5, 0.6) is 5.75 Å². The van der Waals surface area contributed by atoms with Gasteiger partial charge in [0.05, 0.1) is 23.8 Å². The van der Waals surface area contributed by atoms with Crippen LogP contribution in [0.2, 0.25) is 0 Å². The van der Waals surface area contributed by atoms with Crippen LogP contribution < -0.4 is 15.9 Å². The molecule has 7 heteroatoms. The number of fused-ring (bicyclic) bond motifs is 1. The van der Waals surface area contributed by atoms with Crippen molar-refractivity contribution in [1.29, 1.82) is 0 Å². The van der Waals surface area contributed by atoms with E-state index in [4.69, 9.17) is 14.0 Å². The molecule has 21 heavy (non-hydrogen) atoms. The maximum absolute atomic E-state index is 11.5. The summed E-state index contributed by atoms with van der Waals surface area (Å²) in [4.78, 5) is 16.9. The van der Waals surface area contributed by atoms with Crippen molar-refractivity contribution in [2.75, 3.05) is 7.11 Å². The number of H-pyrrole nitrogens is 2. The van der Waals surface area contributed by atoms with Crippen molar-refractivity contribution in [2.45, 2.75) is 38.9 Å². The van der Waals surface area contributed by atoms with Gasteiger partial charge in [-0.25, -0.2) is 4.79 Å². The number of nitrogens with one attached hydrogen (secondary N) is 2. The Balaban J connectivity index is 2.08. The molecule has 1 fully saturated rings. The molecular weight excluding hydrogens is 271 g/mol. The van der Waals surface area contributed by atoms with Gasteiger partial charge in [0.25, 0.3) is 0 Å². The van der Waals surface area contributed by atoms with Crippen LogP contribution in [0.1, 0.15) is 27.7 Å². The van der Waals surface area contributed by atoms with E-state index in [-0.39, 0.29) is 5.69 Å². The van der Waals surface area contributed by atoms with E-state index in [2.05, 4.69) is 9.97 Å². The van der Waals surface area contributed by atoms with Gasteiger partial charge in [-0.1, -0.05) is 0 Å². The summed E-state index contributed by atoms with van der Waals surface area (Å²) in [6, 6.07) is 3.67. The number of aromatic amines is 2. The van der Waals surface area contributed by atoms with Crippen molar-refractivity contribution in [1.82, 2.24) is 9.97 Å². The van der Waals surface area contributed by atoms with Crippen molar-refractivity contribution in [3.63, 3.8) is 0 Å². The van der Waals surface area contributed by atoms with E-state index in [9.17, 15) is 4.79 Å². The van der Waals surface area contributed by atoms with Crippen LogP contribution in [0.3, 0.4) is 0 Å². The van der Waals surface area contributed by atoms with Gasteiger partial charge in [0.1, 0.15) is 11.3 Å². The van der Waals surface area contributed by atoms with Crippen LogP contribution >= 0.6 is 0 Å². The van der Waals surface area contributed by atoms with Crippen LogP contribution in [-0.4, -0.2) is 35.4 Å². The quantitative estimate of drug-likeness (QED) is 0.814. The molecule has 1 saturated heterocycles. The van der Waals surface area contributed by atoms with E-state index in [0.29, 0.717) is 16.8 Å². The van der Waals surface area contributed by atoms with Crippen LogP contribution in [0.15, 0.2) is 16.9 Å². The predicted molar refractivity (Wildman–Crippen MR) is 81.2 cm³/mol. The van der Waals surface area contributed by atoms with Crippen molar-refractivity contribution < 1.29 is 14.0 Å². The molecule has 0 atom stereocenters. The molecule has 112 valence electrons. The molecule has 1 aliphatic heterocycles. The lowest BCUT2D eigenvalue weighted by Crippen LogP contribution is -2.41. The first-order valence-corrected chi connectivity index (χ1v) is 6.89. The number of hydrogen-bond acceptors (Lipinski definition) is 4. The average Bonchev–Trinajstić information content (AvgIpc) is 2.85. The second-order valence-electron chi connectivity index (χ2n) is 6.31. The molecule has 0 bridgehead atoms. The monoisotopic (exact) mass is 290 g/mol. The van der Waals surface area contributed by atoms with Crippen LogP contribution in [-0.2, 0) is 9.31 Å². The third kappa shape index (κ3) is 2.17. The molecule has 3 rings (SSSR count). The first kappa shape index (κ1) is 14.2. The SMILES string of the molecule is COc1cc(B2OC(C)(C)C(C)(C)O2)cc2[nH]c(=O)[nH]c12. The molecule has 1 aliphatic rings. The number of hydrogen-bond donors (Lipinski definition) is 2. The predicted octanol–water partition coefficient (Wildman–Crippen LogP) is 1.16. The molecule has 2 N–H and O–H groups in total. The summed E-state index contributed by atoms with van der Waals surface area (Å²) in [6.45, 7) is 8.00. The Morgan fingerprint density at radius 3 is 2.29 bits per heavy atom. The van der Waals surface area contributed by atoms with Gasteiger partial charge in [-0.05, 0) is 45.3 Å². The summed E-state index contributed by atoms with van der Waals surface area (Å²) in [6.07, 6.45) is 0. The third-order valence-corrected chi connectivity index (χ3v) is 4.36. The Hall–Kier alpha value is -1.73. The summed E-state index contributed by atoms with van der Waals surface area (Å²) >= 11 is 0. The number of ether oxygens (including phenoxy) is 1. The lowest BCUT2D eigenvalue weighted by atomic mass is 9.79. The van der Waals surface area contributed by atoms with Gasteiger partial charge < -0.3 is 24.0 Å². The fourth-order valence-electron chi connectivity index (χ4n) is 2.41. The van der Waals surface area contributed by atoms with E-state index in [1.165, 1.54) is 0 Å². The Morgan fingerprint density at radius 2 is 1.71 bits per heavy atom. The molecule has 2 heterocycles. The zero-order valence-electron chi connectivity index (χ0n) is 12.9. The smallest absolute Gasteiger partial charge is 0.495 e. The van der Waals surface area contributed by atoms with Gasteiger partial charge in [-0.15, -0.1) is 0 Å². The summed E-state index contributed by atoms with van der Waals surface area (Å²) in [5, 5.41) is 0. The highest BCUT2D eigenvalue weighted by Crippen LogP contribution is 2.37. The molecule has 0 radical (unpaired) electrons. The highest BCUT2D eigenvalue weighted by Gasteiger charge is 2.51. The summed E-state index contributed by atoms with van der Waals surface area (Å²) in [7, 11) is 1.07. The zero-order valence-corrected chi connectivity index (χ0v) is 12.9. The molecule has 0 unspecified atom stereocenters. The highest BCUT2D eigenvalue weighted by atomic mass is 16.7. The number of imidazole rings is 1. The fourth-order valence-corrected chi connectivity index (χ4v) is 2.41. The van der Waals surface area contributed by atoms with E-state index in [1.807, 2.05) is 39.8 Å². The minimum absolute atomic E-state index is 0.269. The first-order chi connectivity index (χ1) is 9.73. The lowest BCUT2D eigenvalue weighted by Gasteiger charge is -2.32. The Labute approximate surface area is 122 Å². The normalized spacial score (nSPS) is 20.1. The summed E-state index contributed by atoms with van der Waals surface area (Å²) < 4.78 is 17.4. The van der Waals surface area contributed by atoms with Gasteiger partial charge in [0.15, 0.2) is 0 Å². The Kier molecular flexibility index (Phi) is 2.97. The maximum Gasteiger partial charge on any atom is 0.495 e. The minimum Gasteiger partial charge on any atom is -0.495 e. The van der Waals surface area contributed by atoms with Gasteiger partial charge in [0.2, 0.25) is 0 Å². The van der Waals surface area contributed by atoms with Gasteiger partial charge in [-0.3, -0.25) is 0 Å². The van der Waals surface area contributed by atoms with E-state index < -0.39 is 18.3 Å². The molecular formula is C14H19BN2O4. The molecule has 1 aromatic heterocycles. The topological polar surface area (TPSA) is 76.3 Å². The zero-order chi connectivity index (χ0) is 15.4. The lowest BCUT2D eigenvalue weighted by molar-refractivity contribution is 0.00578. The number of benzene rings is 1. The Bertz CT molecular complexity index is 731. The van der Waals surface area contributed by atoms with E-state index >= 15 is 0 Å². The van der Waals surface area contributed by atoms with Crippen molar-refractivity contribution in [2.24, 2.45) is 0 Å². The fraction of sp³-hybridized carbons (Fsp3) is 0.500. The third-order valence-electron chi connectivity index (χ3n) is 4.36. The second-order valence-corrected chi connectivity index (χ2v) is 6.31. The molecule has 0 aliphatic carbocycles. The molecule has 2 aromatic rings. The molecule has 1 aromatic carbocycles. The molecule has 0 saturated carbocycles. The largest absolute Gasteiger partial charge is 0.495 e. The Morgan fingerprint density at radius 1 is 1.10 bits per heavy atom. The molecule has 0 spiro atoms. The van der Waals surface area contributed by atoms with Crippen LogP contribution in [0, 0.1) is 0 Å². The van der Waals surface area contributed by atoms with Gasteiger partial charge in [0, 0.05) is 0 Å². The molecule has 6 nitrogen and oxygen atoms in total. The maximum atomic E-state index is 11.5. The van der Waals surface area contributed by atoms with Crippen molar-refractivity contribution >= 4 is 23.6 Å². The number of rotatable bonds is 2. The first-order valence-electron chi connectivity index (χ1n) is 6.89. The highest BCUT2D eigenvalue weighted by molar-refractivity contribution is 6.62. The van der Waals surface area contributed by atoms with Crippen LogP contribution in [0.4, 0.5) is 0 Å². The van der Waals surface area contributed by atoms with Crippen molar-refractivity contribution in [3.05, 3.63) is 22.6 Å². The van der Waals surface area contributed by atoms with E-state index in [1.54, 1.807) is 7.11 Å².